The number of alkyl halides is 2. The summed E-state index contributed by atoms with van der Waals surface area (Å²) in [6.45, 7) is 31.8. The van der Waals surface area contributed by atoms with Gasteiger partial charge in [-0.25, -0.2) is 36.9 Å². The summed E-state index contributed by atoms with van der Waals surface area (Å²) in [6, 6.07) is 13.9. The molecule has 5 rings (SSSR count). The topological polar surface area (TPSA) is 113 Å². The van der Waals surface area contributed by atoms with Crippen molar-refractivity contribution in [3.8, 4) is 24.3 Å². The number of nitriles is 4. The van der Waals surface area contributed by atoms with Crippen molar-refractivity contribution >= 4 is 45.1 Å². The van der Waals surface area contributed by atoms with Crippen LogP contribution in [0, 0.1) is 83.2 Å². The van der Waals surface area contributed by atoms with E-state index in [1.165, 1.54) is 37.3 Å². The average Bonchev–Trinajstić information content (AvgIpc) is 3.60. The summed E-state index contributed by atoms with van der Waals surface area (Å²) in [5.41, 5.74) is -8.81. The molecule has 0 amide bonds. The van der Waals surface area contributed by atoms with Crippen molar-refractivity contribution in [2.24, 2.45) is 0 Å². The molecule has 0 heterocycles. The molecule has 0 spiro atoms. The van der Waals surface area contributed by atoms with Gasteiger partial charge in [-0.2, -0.15) is 21.0 Å². The van der Waals surface area contributed by atoms with Gasteiger partial charge in [0.25, 0.3) is 6.43 Å². The molecule has 0 atom stereocenters. The molecule has 0 saturated carbocycles. The molecule has 3 aromatic carbocycles. The first kappa shape index (κ1) is 31.7. The van der Waals surface area contributed by atoms with E-state index in [4.69, 9.17) is 26.3 Å². The summed E-state index contributed by atoms with van der Waals surface area (Å²) in [7, 11) is 0. The summed E-state index contributed by atoms with van der Waals surface area (Å²) >= 11 is 0. The molecule has 0 aromatic heterocycles. The van der Waals surface area contributed by atoms with Gasteiger partial charge in [-0.3, -0.25) is 0 Å². The minimum atomic E-state index is -3.55. The molecule has 222 valence electrons. The van der Waals surface area contributed by atoms with Crippen LogP contribution in [-0.2, 0) is 0 Å². The number of allylic oxidation sites excluding steroid dienone is 6. The van der Waals surface area contributed by atoms with Crippen LogP contribution in [0.5, 0.6) is 0 Å². The van der Waals surface area contributed by atoms with E-state index >= 15 is 8.78 Å². The molecular weight excluding hydrogens is 620 g/mol. The van der Waals surface area contributed by atoms with E-state index in [9.17, 15) is 29.8 Å². The predicted octanol–water partition coefficient (Wildman–Crippen LogP) is 9.25. The second-order valence-corrected chi connectivity index (χ2v) is 10.1. The monoisotopic (exact) mass is 630 g/mol. The molecule has 12 heteroatoms. The lowest BCUT2D eigenvalue weighted by Gasteiger charge is -2.16. The lowest BCUT2D eigenvalue weighted by Crippen LogP contribution is -2.06. The van der Waals surface area contributed by atoms with Gasteiger partial charge in [0.15, 0.2) is 22.8 Å². The molecule has 0 bridgehead atoms. The number of fused-ring (bicyclic) bond motifs is 2. The lowest BCUT2D eigenvalue weighted by molar-refractivity contribution is 0.196. The Morgan fingerprint density at radius 2 is 1.23 bits per heavy atom. The molecule has 0 saturated heterocycles. The molecule has 8 nitrogen and oxygen atoms in total. The van der Waals surface area contributed by atoms with Gasteiger partial charge in [0.05, 0.1) is 49.6 Å². The minimum Gasteiger partial charge on any atom is -0.238 e. The Bertz CT molecular complexity index is 2480. The van der Waals surface area contributed by atoms with Gasteiger partial charge in [0, 0.05) is 44.5 Å². The highest BCUT2D eigenvalue weighted by atomic mass is 19.3. The van der Waals surface area contributed by atoms with Gasteiger partial charge in [-0.15, -0.1) is 0 Å². The first-order valence-electron chi connectivity index (χ1n) is 13.3. The van der Waals surface area contributed by atoms with Crippen LogP contribution >= 0.6 is 0 Å². The molecule has 2 aliphatic carbocycles. The maximum absolute atomic E-state index is 17.0. The first-order valence-corrected chi connectivity index (χ1v) is 13.3. The van der Waals surface area contributed by atoms with Crippen molar-refractivity contribution in [1.29, 1.82) is 21.0 Å². The van der Waals surface area contributed by atoms with Gasteiger partial charge in [-0.05, 0) is 46.5 Å². The standard InChI is InChI=1S/C36H10F4N8/c1-16-25(35(48-5)20-7-18(13-42)9-22(11-20)46-3)29-31(34(16)47-4)33(38)30-26(28(36(39)40)24(15-44)27(30)32(29)37)23(14-43)19-6-17(12-41)8-21(10-19)45-2/h6-11,36H,1H3/b26-23-,35-25+. The van der Waals surface area contributed by atoms with Gasteiger partial charge < -0.3 is 0 Å². The molecule has 0 radical (unpaired) electrons. The number of hydrogen-bond donors (Lipinski definition) is 0. The smallest absolute Gasteiger partial charge is 0.238 e. The molecule has 48 heavy (non-hydrogen) atoms. The van der Waals surface area contributed by atoms with E-state index in [1.54, 1.807) is 12.1 Å². The molecular formula is C36H10F4N8. The average molecular weight is 631 g/mol. The molecule has 0 fully saturated rings. The zero-order chi connectivity index (χ0) is 35.0. The molecule has 3 aromatic rings. The summed E-state index contributed by atoms with van der Waals surface area (Å²) in [5.74, 6) is -2.85. The number of nitrogens with zero attached hydrogens (tertiary/aromatic N) is 8. The zero-order valence-electron chi connectivity index (χ0n) is 24.1. The Hall–Kier alpha value is -7.74. The molecule has 2 aliphatic rings. The van der Waals surface area contributed by atoms with E-state index in [-0.39, 0.29) is 50.5 Å². The number of benzene rings is 3. The summed E-state index contributed by atoms with van der Waals surface area (Å²) < 4.78 is 63.6. The fourth-order valence-electron chi connectivity index (χ4n) is 5.82. The molecule has 0 unspecified atom stereocenters. The fraction of sp³-hybridized carbons (Fsp3) is 0.0556. The highest BCUT2D eigenvalue weighted by molar-refractivity contribution is 6.18. The highest BCUT2D eigenvalue weighted by Crippen LogP contribution is 2.56. The maximum atomic E-state index is 17.0. The zero-order valence-corrected chi connectivity index (χ0v) is 24.1. The summed E-state index contributed by atoms with van der Waals surface area (Å²) in [6.07, 6.45) is -3.55. The maximum Gasteiger partial charge on any atom is 0.265 e. The van der Waals surface area contributed by atoms with Crippen molar-refractivity contribution in [3.05, 3.63) is 149 Å². The van der Waals surface area contributed by atoms with E-state index in [0.29, 0.717) is 0 Å². The van der Waals surface area contributed by atoms with E-state index in [0.717, 1.165) is 12.1 Å². The van der Waals surface area contributed by atoms with E-state index in [2.05, 4.69) is 19.4 Å². The Kier molecular flexibility index (Phi) is 7.91. The number of rotatable bonds is 3. The fourth-order valence-corrected chi connectivity index (χ4v) is 5.82. The van der Waals surface area contributed by atoms with Crippen molar-refractivity contribution in [2.75, 3.05) is 0 Å². The minimum absolute atomic E-state index is 0.0250. The van der Waals surface area contributed by atoms with E-state index < -0.39 is 68.3 Å². The Balaban J connectivity index is 2.02. The van der Waals surface area contributed by atoms with Gasteiger partial charge in [0.1, 0.15) is 23.8 Å². The van der Waals surface area contributed by atoms with Crippen LogP contribution in [0.2, 0.25) is 0 Å². The highest BCUT2D eigenvalue weighted by Gasteiger charge is 2.44. The van der Waals surface area contributed by atoms with Gasteiger partial charge in [0.2, 0.25) is 0 Å². The normalized spacial score (nSPS) is 14.7. The van der Waals surface area contributed by atoms with Gasteiger partial charge >= 0.3 is 0 Å². The van der Waals surface area contributed by atoms with Gasteiger partial charge in [-0.1, -0.05) is 19.1 Å². The predicted molar refractivity (Wildman–Crippen MR) is 165 cm³/mol. The van der Waals surface area contributed by atoms with Crippen molar-refractivity contribution in [1.82, 2.24) is 0 Å². The third-order valence-electron chi connectivity index (χ3n) is 7.70. The Morgan fingerprint density at radius 1 is 0.688 bits per heavy atom. The van der Waals surface area contributed by atoms with Crippen LogP contribution in [0.15, 0.2) is 47.5 Å². The second kappa shape index (κ2) is 12.0. The number of halogens is 4. The second-order valence-electron chi connectivity index (χ2n) is 10.1. The van der Waals surface area contributed by atoms with Crippen LogP contribution in [0.25, 0.3) is 53.1 Å². The quantitative estimate of drug-likeness (QED) is 0.163. The van der Waals surface area contributed by atoms with E-state index in [1.807, 2.05) is 6.07 Å². The van der Waals surface area contributed by atoms with Crippen LogP contribution in [0.3, 0.4) is 0 Å². The van der Waals surface area contributed by atoms with Crippen molar-refractivity contribution in [3.63, 3.8) is 0 Å². The third kappa shape index (κ3) is 4.53. The van der Waals surface area contributed by atoms with Crippen LogP contribution in [0.4, 0.5) is 28.9 Å². The van der Waals surface area contributed by atoms with Crippen molar-refractivity contribution < 1.29 is 17.6 Å². The summed E-state index contributed by atoms with van der Waals surface area (Å²) in [5, 5.41) is 39.2. The largest absolute Gasteiger partial charge is 0.265 e. The van der Waals surface area contributed by atoms with Crippen LogP contribution < -0.4 is 0 Å². The van der Waals surface area contributed by atoms with Crippen LogP contribution in [-0.4, -0.2) is 6.43 Å². The molecule has 0 N–H and O–H groups in total. The molecule has 0 aliphatic heterocycles. The van der Waals surface area contributed by atoms with Crippen molar-refractivity contribution in [2.45, 2.75) is 13.3 Å². The summed E-state index contributed by atoms with van der Waals surface area (Å²) in [4.78, 5) is 13.3. The first-order chi connectivity index (χ1) is 23.0. The third-order valence-corrected chi connectivity index (χ3v) is 7.70. The van der Waals surface area contributed by atoms with Crippen LogP contribution in [0.1, 0.15) is 51.4 Å². The Labute approximate surface area is 270 Å². The Morgan fingerprint density at radius 3 is 1.71 bits per heavy atom. The lowest BCUT2D eigenvalue weighted by atomic mass is 9.88. The number of hydrogen-bond acceptors (Lipinski definition) is 4. The SMILES string of the molecule is [C-]#[N+]C1=C(C)/C(=C(\[N+]#[C-])c2cc(C#N)cc([N+]#[C-])c2)c2c(F)c3c(c(F)c21)/C(=C(/C#N)c1cc(C#N)cc([N+]#[C-])c1)C(C(F)F)=C3C#N.